The van der Waals surface area contributed by atoms with Gasteiger partial charge in [-0.25, -0.2) is 13.8 Å². The van der Waals surface area contributed by atoms with Crippen LogP contribution < -0.4 is 10.1 Å². The van der Waals surface area contributed by atoms with Crippen LogP contribution in [-0.4, -0.2) is 16.9 Å². The molecule has 1 heterocycles. The minimum Gasteiger partial charge on any atom is -0.437 e. The highest BCUT2D eigenvalue weighted by molar-refractivity contribution is 6.32. The topological polar surface area (TPSA) is 51.2 Å². The molecule has 0 fully saturated rings. The van der Waals surface area contributed by atoms with E-state index in [1.807, 2.05) is 19.1 Å². The molecule has 2 aromatic rings. The lowest BCUT2D eigenvalue weighted by Gasteiger charge is -2.15. The summed E-state index contributed by atoms with van der Waals surface area (Å²) in [6, 6.07) is 7.25. The highest BCUT2D eigenvalue weighted by Gasteiger charge is 2.29. The van der Waals surface area contributed by atoms with E-state index in [0.717, 1.165) is 5.56 Å². The van der Waals surface area contributed by atoms with Crippen molar-refractivity contribution in [2.45, 2.75) is 39.2 Å². The Morgan fingerprint density at radius 2 is 2.11 bits per heavy atom. The van der Waals surface area contributed by atoms with Crippen LogP contribution in [0.25, 0.3) is 6.08 Å². The lowest BCUT2D eigenvalue weighted by molar-refractivity contribution is -0.119. The molecule has 0 spiro atoms. The van der Waals surface area contributed by atoms with E-state index in [0.29, 0.717) is 5.88 Å². The minimum absolute atomic E-state index is 0.0931. The summed E-state index contributed by atoms with van der Waals surface area (Å²) in [5, 5.41) is 2.84. The summed E-state index contributed by atoms with van der Waals surface area (Å²) in [5.74, 6) is -2.49. The number of rotatable bonds is 7. The second-order valence-electron chi connectivity index (χ2n) is 6.08. The Balaban J connectivity index is 2.06. The van der Waals surface area contributed by atoms with Gasteiger partial charge in [-0.15, -0.1) is 0 Å². The number of halogens is 3. The van der Waals surface area contributed by atoms with Gasteiger partial charge in [0.25, 0.3) is 5.92 Å². The van der Waals surface area contributed by atoms with Crippen molar-refractivity contribution in [2.24, 2.45) is 0 Å². The normalized spacial score (nSPS) is 12.8. The number of hydrogen-bond donors (Lipinski definition) is 1. The number of alkyl halides is 2. The molecule has 1 atom stereocenters. The average Bonchev–Trinajstić information content (AvgIpc) is 2.62. The van der Waals surface area contributed by atoms with Crippen molar-refractivity contribution in [3.05, 3.63) is 58.8 Å². The Morgan fingerprint density at radius 3 is 2.67 bits per heavy atom. The molecule has 4 nitrogen and oxygen atoms in total. The molecule has 0 radical (unpaired) electrons. The zero-order valence-corrected chi connectivity index (χ0v) is 16.1. The summed E-state index contributed by atoms with van der Waals surface area (Å²) in [5.41, 5.74) is 0.674. The van der Waals surface area contributed by atoms with Crippen LogP contribution in [0.3, 0.4) is 0 Å². The molecule has 7 heteroatoms. The highest BCUT2D eigenvalue weighted by atomic mass is 35.5. The lowest BCUT2D eigenvalue weighted by Crippen LogP contribution is -2.28. The molecule has 144 valence electrons. The lowest BCUT2D eigenvalue weighted by atomic mass is 10.1. The number of amides is 1. The van der Waals surface area contributed by atoms with Gasteiger partial charge in [0.15, 0.2) is 0 Å². The van der Waals surface area contributed by atoms with E-state index in [1.54, 1.807) is 18.3 Å². The van der Waals surface area contributed by atoms with Gasteiger partial charge in [0.1, 0.15) is 5.75 Å². The van der Waals surface area contributed by atoms with Crippen LogP contribution in [-0.2, 0) is 10.7 Å². The number of ether oxygens (including phenoxy) is 1. The van der Waals surface area contributed by atoms with E-state index in [9.17, 15) is 13.6 Å². The molecule has 27 heavy (non-hydrogen) atoms. The van der Waals surface area contributed by atoms with Crippen molar-refractivity contribution in [2.75, 3.05) is 0 Å². The second-order valence-corrected chi connectivity index (χ2v) is 6.49. The first-order valence-corrected chi connectivity index (χ1v) is 8.86. The number of carbonyl (C=O) groups excluding carboxylic acids is 1. The van der Waals surface area contributed by atoms with Gasteiger partial charge >= 0.3 is 0 Å². The predicted molar refractivity (Wildman–Crippen MR) is 102 cm³/mol. The van der Waals surface area contributed by atoms with E-state index in [-0.39, 0.29) is 34.7 Å². The third-order valence-electron chi connectivity index (χ3n) is 3.78. The fourth-order valence-electron chi connectivity index (χ4n) is 2.30. The molecule has 0 unspecified atom stereocenters. The third kappa shape index (κ3) is 6.03. The summed E-state index contributed by atoms with van der Waals surface area (Å²) in [7, 11) is 0. The first kappa shape index (κ1) is 20.8. The molecular weight excluding hydrogens is 374 g/mol. The minimum atomic E-state index is -2.93. The van der Waals surface area contributed by atoms with Gasteiger partial charge < -0.3 is 10.1 Å². The molecule has 0 bridgehead atoms. The number of nitrogens with zero attached hydrogens (tertiary/aromatic N) is 1. The van der Waals surface area contributed by atoms with Crippen LogP contribution in [0.2, 0.25) is 5.02 Å². The molecule has 0 aliphatic carbocycles. The average molecular weight is 395 g/mol. The Hall–Kier alpha value is -2.47. The van der Waals surface area contributed by atoms with Crippen molar-refractivity contribution in [1.82, 2.24) is 10.3 Å². The van der Waals surface area contributed by atoms with E-state index >= 15 is 0 Å². The SMILES string of the molecule is CCC(F)(F)c1ccc(Oc2ccc(/C=C/[C@H](C)NC(C)=O)cn2)c(Cl)c1. The molecule has 0 saturated heterocycles. The van der Waals surface area contributed by atoms with Gasteiger partial charge in [-0.2, -0.15) is 0 Å². The molecule has 0 saturated carbocycles. The van der Waals surface area contributed by atoms with E-state index in [2.05, 4.69) is 10.3 Å². The molecule has 1 aromatic heterocycles. The maximum atomic E-state index is 13.7. The van der Waals surface area contributed by atoms with E-state index in [4.69, 9.17) is 16.3 Å². The van der Waals surface area contributed by atoms with Crippen molar-refractivity contribution in [3.8, 4) is 11.6 Å². The monoisotopic (exact) mass is 394 g/mol. The first-order valence-electron chi connectivity index (χ1n) is 8.48. The maximum Gasteiger partial charge on any atom is 0.273 e. The number of aromatic nitrogens is 1. The van der Waals surface area contributed by atoms with Gasteiger partial charge in [-0.05, 0) is 36.8 Å². The summed E-state index contributed by atoms with van der Waals surface area (Å²) < 4.78 is 33.0. The quantitative estimate of drug-likeness (QED) is 0.668. The number of nitrogens with one attached hydrogen (secondary N) is 1. The number of hydrogen-bond acceptors (Lipinski definition) is 3. The van der Waals surface area contributed by atoms with Gasteiger partial charge in [-0.3, -0.25) is 4.79 Å². The van der Waals surface area contributed by atoms with Crippen molar-refractivity contribution in [3.63, 3.8) is 0 Å². The second kappa shape index (κ2) is 8.95. The zero-order valence-electron chi connectivity index (χ0n) is 15.3. The largest absolute Gasteiger partial charge is 0.437 e. The molecular formula is C20H21ClF2N2O2. The first-order chi connectivity index (χ1) is 12.7. The van der Waals surface area contributed by atoms with Crippen LogP contribution in [0.15, 0.2) is 42.6 Å². The zero-order chi connectivity index (χ0) is 20.0. The van der Waals surface area contributed by atoms with Crippen molar-refractivity contribution < 1.29 is 18.3 Å². The molecule has 1 amide bonds. The van der Waals surface area contributed by atoms with Crippen molar-refractivity contribution >= 4 is 23.6 Å². The van der Waals surface area contributed by atoms with Crippen LogP contribution >= 0.6 is 11.6 Å². The molecule has 2 rings (SSSR count). The summed E-state index contributed by atoms with van der Waals surface area (Å²) in [6.45, 7) is 4.73. The number of benzene rings is 1. The Kier molecular flexibility index (Phi) is 6.91. The van der Waals surface area contributed by atoms with Crippen molar-refractivity contribution in [1.29, 1.82) is 0 Å². The molecule has 0 aliphatic heterocycles. The summed E-state index contributed by atoms with van der Waals surface area (Å²) >= 11 is 6.07. The fourth-order valence-corrected chi connectivity index (χ4v) is 2.52. The highest BCUT2D eigenvalue weighted by Crippen LogP contribution is 2.37. The smallest absolute Gasteiger partial charge is 0.273 e. The third-order valence-corrected chi connectivity index (χ3v) is 4.08. The van der Waals surface area contributed by atoms with Gasteiger partial charge in [0.05, 0.1) is 5.02 Å². The van der Waals surface area contributed by atoms with Gasteiger partial charge in [0, 0.05) is 37.2 Å². The summed E-state index contributed by atoms with van der Waals surface area (Å²) in [6.07, 6.45) is 4.95. The Bertz CT molecular complexity index is 823. The number of pyridine rings is 1. The fraction of sp³-hybridized carbons (Fsp3) is 0.300. The standard InChI is InChI=1S/C20H21ClF2N2O2/c1-4-20(22,23)16-8-9-18(17(21)11-16)27-19-10-7-15(12-24-19)6-5-13(2)25-14(3)26/h5-13H,4H2,1-3H3,(H,25,26)/b6-5+/t13-/m0/s1. The van der Waals surface area contributed by atoms with E-state index in [1.165, 1.54) is 32.0 Å². The number of carbonyl (C=O) groups is 1. The Morgan fingerprint density at radius 1 is 1.37 bits per heavy atom. The Labute approximate surface area is 162 Å². The summed E-state index contributed by atoms with van der Waals surface area (Å²) in [4.78, 5) is 15.2. The van der Waals surface area contributed by atoms with Crippen LogP contribution in [0, 0.1) is 0 Å². The molecule has 1 aromatic carbocycles. The van der Waals surface area contributed by atoms with Gasteiger partial charge in [-0.1, -0.05) is 30.7 Å². The maximum absolute atomic E-state index is 13.7. The van der Waals surface area contributed by atoms with Crippen LogP contribution in [0.1, 0.15) is 38.3 Å². The van der Waals surface area contributed by atoms with E-state index < -0.39 is 5.92 Å². The van der Waals surface area contributed by atoms with Gasteiger partial charge in [0.2, 0.25) is 11.8 Å². The molecule has 0 aliphatic rings. The van der Waals surface area contributed by atoms with Crippen LogP contribution in [0.5, 0.6) is 11.6 Å². The molecule has 1 N–H and O–H groups in total. The van der Waals surface area contributed by atoms with Crippen LogP contribution in [0.4, 0.5) is 8.78 Å². The predicted octanol–water partition coefficient (Wildman–Crippen LogP) is 5.57.